The largest absolute Gasteiger partial charge is 0.366 e. The standard InChI is InChI=1S/C6H19N3OP/c1-7(2)11(10,8(3)4)9(5)6/h10H,1-6H3/q+1. The van der Waals surface area contributed by atoms with Gasteiger partial charge in [-0.05, 0) is 0 Å². The number of hydrogen-bond acceptors (Lipinski definition) is 4. The molecular weight excluding hydrogens is 161 g/mol. The van der Waals surface area contributed by atoms with Gasteiger partial charge in [0.05, 0.1) is 0 Å². The number of nitrogens with zero attached hydrogens (tertiary/aromatic N) is 3. The highest BCUT2D eigenvalue weighted by Crippen LogP contribution is 2.59. The maximum atomic E-state index is 10.1. The Bertz CT molecular complexity index is 105. The van der Waals surface area contributed by atoms with Crippen LogP contribution in [0.15, 0.2) is 0 Å². The SMILES string of the molecule is CN(C)[P+](O)(N(C)C)N(C)C. The molecule has 0 unspecified atom stereocenters. The van der Waals surface area contributed by atoms with Gasteiger partial charge < -0.3 is 0 Å². The van der Waals surface area contributed by atoms with Crippen molar-refractivity contribution in [3.8, 4) is 0 Å². The van der Waals surface area contributed by atoms with E-state index in [4.69, 9.17) is 0 Å². The van der Waals surface area contributed by atoms with Gasteiger partial charge in [-0.25, -0.2) is 0 Å². The summed E-state index contributed by atoms with van der Waals surface area (Å²) in [5.41, 5.74) is 0. The van der Waals surface area contributed by atoms with Gasteiger partial charge in [0.15, 0.2) is 0 Å². The second kappa shape index (κ2) is 3.78. The molecular formula is C6H19N3OP+. The highest BCUT2D eigenvalue weighted by Gasteiger charge is 2.46. The first-order valence-electron chi connectivity index (χ1n) is 3.48. The van der Waals surface area contributed by atoms with Crippen LogP contribution in [-0.2, 0) is 0 Å². The third-order valence-electron chi connectivity index (χ3n) is 1.61. The highest BCUT2D eigenvalue weighted by molar-refractivity contribution is 7.63. The Hall–Kier alpha value is 0.270. The number of hydrogen-bond donors (Lipinski definition) is 1. The van der Waals surface area contributed by atoms with Crippen molar-refractivity contribution in [2.45, 2.75) is 0 Å². The van der Waals surface area contributed by atoms with Crippen LogP contribution in [0, 0.1) is 0 Å². The van der Waals surface area contributed by atoms with Crippen molar-refractivity contribution in [1.29, 1.82) is 0 Å². The van der Waals surface area contributed by atoms with E-state index in [1.54, 1.807) is 0 Å². The monoisotopic (exact) mass is 180 g/mol. The predicted octanol–water partition coefficient (Wildman–Crippen LogP) is 0.341. The van der Waals surface area contributed by atoms with E-state index in [9.17, 15) is 4.89 Å². The van der Waals surface area contributed by atoms with Crippen LogP contribution >= 0.6 is 7.94 Å². The molecule has 0 aromatic carbocycles. The molecule has 0 bridgehead atoms. The summed E-state index contributed by atoms with van der Waals surface area (Å²) in [6.07, 6.45) is 0. The molecule has 0 spiro atoms. The molecule has 68 valence electrons. The molecule has 0 amide bonds. The molecule has 0 aromatic rings. The molecule has 0 aromatic heterocycles. The lowest BCUT2D eigenvalue weighted by atomic mass is 11.2. The third-order valence-corrected chi connectivity index (χ3v) is 4.83. The minimum absolute atomic E-state index is 1.85. The summed E-state index contributed by atoms with van der Waals surface area (Å²) in [7, 11) is 9.11. The molecule has 0 aliphatic rings. The van der Waals surface area contributed by atoms with Gasteiger partial charge in [0.2, 0.25) is 0 Å². The van der Waals surface area contributed by atoms with Gasteiger partial charge >= 0.3 is 7.94 Å². The van der Waals surface area contributed by atoms with E-state index in [2.05, 4.69) is 0 Å². The van der Waals surface area contributed by atoms with Crippen molar-refractivity contribution in [3.63, 3.8) is 0 Å². The summed E-state index contributed by atoms with van der Waals surface area (Å²) in [5, 5.41) is 0. The zero-order valence-corrected chi connectivity index (χ0v) is 9.13. The van der Waals surface area contributed by atoms with E-state index >= 15 is 0 Å². The average Bonchev–Trinajstić information content (AvgIpc) is 1.84. The predicted molar refractivity (Wildman–Crippen MR) is 50.2 cm³/mol. The van der Waals surface area contributed by atoms with Crippen molar-refractivity contribution < 1.29 is 4.89 Å². The summed E-state index contributed by atoms with van der Waals surface area (Å²) in [6, 6.07) is 0. The molecule has 11 heavy (non-hydrogen) atoms. The molecule has 0 saturated heterocycles. The lowest BCUT2D eigenvalue weighted by Gasteiger charge is -2.33. The zero-order chi connectivity index (χ0) is 9.23. The molecule has 0 heterocycles. The second-order valence-corrected chi connectivity index (χ2v) is 6.55. The minimum Gasteiger partial charge on any atom is -0.196 e. The zero-order valence-electron chi connectivity index (χ0n) is 8.24. The normalized spacial score (nSPS) is 13.6. The van der Waals surface area contributed by atoms with Crippen LogP contribution in [0.4, 0.5) is 0 Å². The van der Waals surface area contributed by atoms with Crippen LogP contribution in [0.5, 0.6) is 0 Å². The lowest BCUT2D eigenvalue weighted by Crippen LogP contribution is -2.35. The van der Waals surface area contributed by atoms with Crippen LogP contribution in [0.2, 0.25) is 0 Å². The third kappa shape index (κ3) is 2.10. The molecule has 5 heteroatoms. The molecule has 4 nitrogen and oxygen atoms in total. The van der Waals surface area contributed by atoms with Crippen molar-refractivity contribution in [2.24, 2.45) is 0 Å². The molecule has 0 aliphatic heterocycles. The van der Waals surface area contributed by atoms with Gasteiger partial charge in [0.1, 0.15) is 0 Å². The summed E-state index contributed by atoms with van der Waals surface area (Å²) in [4.78, 5) is 10.1. The quantitative estimate of drug-likeness (QED) is 0.634. The first-order valence-corrected chi connectivity index (χ1v) is 5.08. The Balaban J connectivity index is 4.53. The molecule has 0 fully saturated rings. The highest BCUT2D eigenvalue weighted by atomic mass is 31.2. The van der Waals surface area contributed by atoms with Gasteiger partial charge in [-0.15, -0.1) is 14.0 Å². The van der Waals surface area contributed by atoms with Gasteiger partial charge in [0.25, 0.3) is 0 Å². The average molecular weight is 180 g/mol. The fourth-order valence-electron chi connectivity index (χ4n) is 1.07. The molecule has 0 atom stereocenters. The Morgan fingerprint density at radius 3 is 0.909 bits per heavy atom. The minimum atomic E-state index is -2.19. The van der Waals surface area contributed by atoms with Crippen LogP contribution in [0.1, 0.15) is 0 Å². The van der Waals surface area contributed by atoms with Crippen LogP contribution < -0.4 is 0 Å². The summed E-state index contributed by atoms with van der Waals surface area (Å²) < 4.78 is 5.56. The van der Waals surface area contributed by atoms with E-state index in [1.165, 1.54) is 0 Å². The molecule has 0 radical (unpaired) electrons. The van der Waals surface area contributed by atoms with E-state index in [-0.39, 0.29) is 0 Å². The fraction of sp³-hybridized carbons (Fsp3) is 1.00. The van der Waals surface area contributed by atoms with Crippen molar-refractivity contribution in [1.82, 2.24) is 14.0 Å². The van der Waals surface area contributed by atoms with Gasteiger partial charge in [-0.3, -0.25) is 0 Å². The maximum absolute atomic E-state index is 10.1. The summed E-state index contributed by atoms with van der Waals surface area (Å²) in [6.45, 7) is 0. The van der Waals surface area contributed by atoms with Crippen LogP contribution in [0.3, 0.4) is 0 Å². The fourth-order valence-corrected chi connectivity index (χ4v) is 3.22. The Labute approximate surface area is 70.0 Å². The van der Waals surface area contributed by atoms with E-state index < -0.39 is 7.94 Å². The van der Waals surface area contributed by atoms with Crippen molar-refractivity contribution in [3.05, 3.63) is 0 Å². The maximum Gasteiger partial charge on any atom is 0.366 e. The molecule has 0 rings (SSSR count). The van der Waals surface area contributed by atoms with E-state index in [0.29, 0.717) is 0 Å². The lowest BCUT2D eigenvalue weighted by molar-refractivity contribution is 0.343. The second-order valence-electron chi connectivity index (χ2n) is 3.08. The first kappa shape index (κ1) is 11.3. The summed E-state index contributed by atoms with van der Waals surface area (Å²) >= 11 is 0. The van der Waals surface area contributed by atoms with Gasteiger partial charge in [-0.2, -0.15) is 4.89 Å². The number of rotatable bonds is 3. The Morgan fingerprint density at radius 2 is 0.909 bits per heavy atom. The van der Waals surface area contributed by atoms with Gasteiger partial charge in [0, 0.05) is 42.3 Å². The topological polar surface area (TPSA) is 30.0 Å². The first-order chi connectivity index (χ1) is 4.83. The van der Waals surface area contributed by atoms with E-state index in [0.717, 1.165) is 0 Å². The van der Waals surface area contributed by atoms with Gasteiger partial charge in [-0.1, -0.05) is 0 Å². The van der Waals surface area contributed by atoms with Crippen LogP contribution in [-0.4, -0.2) is 61.2 Å². The molecule has 0 aliphatic carbocycles. The molecule has 1 N–H and O–H groups in total. The van der Waals surface area contributed by atoms with E-state index in [1.807, 2.05) is 56.3 Å². The van der Waals surface area contributed by atoms with Crippen molar-refractivity contribution in [2.75, 3.05) is 42.3 Å². The van der Waals surface area contributed by atoms with Crippen LogP contribution in [0.25, 0.3) is 0 Å². The Morgan fingerprint density at radius 1 is 0.727 bits per heavy atom. The van der Waals surface area contributed by atoms with Crippen molar-refractivity contribution >= 4 is 7.94 Å². The smallest absolute Gasteiger partial charge is 0.196 e. The summed E-state index contributed by atoms with van der Waals surface area (Å²) in [5.74, 6) is 0. The molecule has 0 saturated carbocycles. The Kier molecular flexibility index (Phi) is 3.88.